The van der Waals surface area contributed by atoms with Crippen LogP contribution in [0.3, 0.4) is 0 Å². The first kappa shape index (κ1) is 10.1. The maximum absolute atomic E-state index is 11.8. The summed E-state index contributed by atoms with van der Waals surface area (Å²) < 4.78 is 0. The summed E-state index contributed by atoms with van der Waals surface area (Å²) in [5, 5.41) is 6.00. The summed E-state index contributed by atoms with van der Waals surface area (Å²) in [6.07, 6.45) is 4.86. The van der Waals surface area contributed by atoms with Gasteiger partial charge in [-0.1, -0.05) is 12.5 Å². The number of carbonyl (C=O) groups excluding carboxylic acids is 1. The van der Waals surface area contributed by atoms with Crippen LogP contribution in [0, 0.1) is 0 Å². The molecule has 15 heavy (non-hydrogen) atoms. The van der Waals surface area contributed by atoms with Gasteiger partial charge in [0.15, 0.2) is 0 Å². The molecule has 0 saturated carbocycles. The molecule has 1 aromatic heterocycles. The molecule has 0 radical (unpaired) electrons. The van der Waals surface area contributed by atoms with Crippen molar-refractivity contribution in [3.63, 3.8) is 0 Å². The van der Waals surface area contributed by atoms with Gasteiger partial charge < -0.3 is 10.6 Å². The average Bonchev–Trinajstić information content (AvgIpc) is 2.31. The van der Waals surface area contributed by atoms with Crippen molar-refractivity contribution < 1.29 is 4.79 Å². The van der Waals surface area contributed by atoms with Gasteiger partial charge in [0, 0.05) is 6.20 Å². The van der Waals surface area contributed by atoms with Gasteiger partial charge in [-0.05, 0) is 31.5 Å². The summed E-state index contributed by atoms with van der Waals surface area (Å²) in [6.45, 7) is 0.931. The van der Waals surface area contributed by atoms with Crippen LogP contribution in [0.1, 0.15) is 19.3 Å². The number of nitrogens with zero attached hydrogens (tertiary/aromatic N) is 1. The molecule has 1 aromatic rings. The van der Waals surface area contributed by atoms with Gasteiger partial charge in [-0.2, -0.15) is 0 Å². The standard InChI is InChI=1S/C11H15N3O/c15-11(9-5-1-3-7-12-9)14-10-6-2-4-8-13-10/h2,4,6,8-9,12H,1,3,5,7H2,(H,13,14,15). The van der Waals surface area contributed by atoms with Gasteiger partial charge in [-0.3, -0.25) is 4.79 Å². The molecule has 1 aliphatic heterocycles. The Morgan fingerprint density at radius 1 is 1.47 bits per heavy atom. The number of hydrogen-bond acceptors (Lipinski definition) is 3. The first-order chi connectivity index (χ1) is 7.36. The molecule has 1 saturated heterocycles. The summed E-state index contributed by atoms with van der Waals surface area (Å²) in [5.41, 5.74) is 0. The molecule has 4 heteroatoms. The fourth-order valence-corrected chi connectivity index (χ4v) is 1.73. The van der Waals surface area contributed by atoms with E-state index in [1.165, 1.54) is 0 Å². The molecule has 1 atom stereocenters. The van der Waals surface area contributed by atoms with Crippen molar-refractivity contribution in [2.45, 2.75) is 25.3 Å². The van der Waals surface area contributed by atoms with Gasteiger partial charge in [-0.25, -0.2) is 4.98 Å². The third-order valence-electron chi connectivity index (χ3n) is 2.54. The average molecular weight is 205 g/mol. The number of pyridine rings is 1. The Hall–Kier alpha value is -1.42. The van der Waals surface area contributed by atoms with Gasteiger partial charge in [0.2, 0.25) is 5.91 Å². The molecule has 4 nitrogen and oxygen atoms in total. The maximum atomic E-state index is 11.8. The van der Waals surface area contributed by atoms with Crippen molar-refractivity contribution in [1.82, 2.24) is 10.3 Å². The van der Waals surface area contributed by atoms with Crippen molar-refractivity contribution in [2.24, 2.45) is 0 Å². The number of nitrogens with one attached hydrogen (secondary N) is 2. The van der Waals surface area contributed by atoms with Gasteiger partial charge in [0.1, 0.15) is 5.82 Å². The minimum atomic E-state index is -0.0549. The third-order valence-corrected chi connectivity index (χ3v) is 2.54. The zero-order chi connectivity index (χ0) is 10.5. The highest BCUT2D eigenvalue weighted by molar-refractivity contribution is 5.94. The molecule has 0 spiro atoms. The highest BCUT2D eigenvalue weighted by Crippen LogP contribution is 2.09. The van der Waals surface area contributed by atoms with Gasteiger partial charge >= 0.3 is 0 Å². The minimum Gasteiger partial charge on any atom is -0.309 e. The molecule has 0 aromatic carbocycles. The first-order valence-electron chi connectivity index (χ1n) is 5.31. The molecule has 0 aliphatic carbocycles. The van der Waals surface area contributed by atoms with Crippen LogP contribution in [0.5, 0.6) is 0 Å². The van der Waals surface area contributed by atoms with Crippen molar-refractivity contribution >= 4 is 11.7 Å². The van der Waals surface area contributed by atoms with Gasteiger partial charge in [-0.15, -0.1) is 0 Å². The van der Waals surface area contributed by atoms with Crippen LogP contribution in [0.25, 0.3) is 0 Å². The monoisotopic (exact) mass is 205 g/mol. The third kappa shape index (κ3) is 2.76. The molecule has 2 heterocycles. The molecule has 1 aliphatic rings. The lowest BCUT2D eigenvalue weighted by molar-refractivity contribution is -0.118. The molecule has 2 rings (SSSR count). The molecule has 1 unspecified atom stereocenters. The van der Waals surface area contributed by atoms with Crippen LogP contribution in [0.15, 0.2) is 24.4 Å². The number of amides is 1. The molecular formula is C11H15N3O. The zero-order valence-corrected chi connectivity index (χ0v) is 8.57. The molecule has 1 amide bonds. The quantitative estimate of drug-likeness (QED) is 0.761. The molecular weight excluding hydrogens is 190 g/mol. The van der Waals surface area contributed by atoms with Crippen molar-refractivity contribution in [1.29, 1.82) is 0 Å². The number of piperidine rings is 1. The highest BCUT2D eigenvalue weighted by atomic mass is 16.2. The predicted molar refractivity (Wildman–Crippen MR) is 58.5 cm³/mol. The molecule has 80 valence electrons. The van der Waals surface area contributed by atoms with Crippen LogP contribution in [0.4, 0.5) is 5.82 Å². The second-order valence-corrected chi connectivity index (χ2v) is 3.71. The van der Waals surface area contributed by atoms with E-state index in [0.717, 1.165) is 25.8 Å². The number of rotatable bonds is 2. The van der Waals surface area contributed by atoms with Gasteiger partial charge in [0.05, 0.1) is 6.04 Å². The Balaban J connectivity index is 1.91. The topological polar surface area (TPSA) is 54.0 Å². The largest absolute Gasteiger partial charge is 0.309 e. The Kier molecular flexibility index (Phi) is 3.29. The summed E-state index contributed by atoms with van der Waals surface area (Å²) in [6, 6.07) is 5.42. The molecule has 2 N–H and O–H groups in total. The molecule has 1 fully saturated rings. The first-order valence-corrected chi connectivity index (χ1v) is 5.31. The van der Waals surface area contributed by atoms with Crippen LogP contribution >= 0.6 is 0 Å². The van der Waals surface area contributed by atoms with Crippen LogP contribution in [-0.2, 0) is 4.79 Å². The lowest BCUT2D eigenvalue weighted by atomic mass is 10.0. The smallest absolute Gasteiger partial charge is 0.242 e. The minimum absolute atomic E-state index is 0.0217. The van der Waals surface area contributed by atoms with E-state index in [1.807, 2.05) is 12.1 Å². The second-order valence-electron chi connectivity index (χ2n) is 3.71. The Labute approximate surface area is 89.1 Å². The van der Waals surface area contributed by atoms with E-state index in [1.54, 1.807) is 12.3 Å². The van der Waals surface area contributed by atoms with Crippen molar-refractivity contribution in [2.75, 3.05) is 11.9 Å². The fraction of sp³-hybridized carbons (Fsp3) is 0.455. The van der Waals surface area contributed by atoms with Crippen LogP contribution < -0.4 is 10.6 Å². The summed E-state index contributed by atoms with van der Waals surface area (Å²) in [4.78, 5) is 15.8. The van der Waals surface area contributed by atoms with E-state index in [4.69, 9.17) is 0 Å². The normalized spacial score (nSPS) is 20.9. The van der Waals surface area contributed by atoms with E-state index < -0.39 is 0 Å². The van der Waals surface area contributed by atoms with Crippen molar-refractivity contribution in [3.8, 4) is 0 Å². The van der Waals surface area contributed by atoms with Crippen LogP contribution in [-0.4, -0.2) is 23.5 Å². The SMILES string of the molecule is O=C(Nc1ccccn1)C1CCCCN1. The Bertz CT molecular complexity index is 320. The maximum Gasteiger partial charge on any atom is 0.242 e. The highest BCUT2D eigenvalue weighted by Gasteiger charge is 2.20. The lowest BCUT2D eigenvalue weighted by Crippen LogP contribution is -2.43. The fourth-order valence-electron chi connectivity index (χ4n) is 1.73. The van der Waals surface area contributed by atoms with E-state index in [-0.39, 0.29) is 11.9 Å². The summed E-state index contributed by atoms with van der Waals surface area (Å²) >= 11 is 0. The Morgan fingerprint density at radius 3 is 3.07 bits per heavy atom. The lowest BCUT2D eigenvalue weighted by Gasteiger charge is -2.22. The van der Waals surface area contributed by atoms with E-state index >= 15 is 0 Å². The van der Waals surface area contributed by atoms with Crippen molar-refractivity contribution in [3.05, 3.63) is 24.4 Å². The zero-order valence-electron chi connectivity index (χ0n) is 8.57. The number of hydrogen-bond donors (Lipinski definition) is 2. The van der Waals surface area contributed by atoms with E-state index in [9.17, 15) is 4.79 Å². The van der Waals surface area contributed by atoms with Crippen LogP contribution in [0.2, 0.25) is 0 Å². The van der Waals surface area contributed by atoms with Gasteiger partial charge in [0.25, 0.3) is 0 Å². The number of anilines is 1. The predicted octanol–water partition coefficient (Wildman–Crippen LogP) is 1.16. The summed E-state index contributed by atoms with van der Waals surface area (Å²) in [7, 11) is 0. The number of carbonyl (C=O) groups is 1. The van der Waals surface area contributed by atoms with E-state index in [2.05, 4.69) is 15.6 Å². The van der Waals surface area contributed by atoms with E-state index in [0.29, 0.717) is 5.82 Å². The summed E-state index contributed by atoms with van der Waals surface area (Å²) in [5.74, 6) is 0.642. The Morgan fingerprint density at radius 2 is 2.40 bits per heavy atom. The second kappa shape index (κ2) is 4.89. The number of aromatic nitrogens is 1. The molecule has 0 bridgehead atoms.